The van der Waals surface area contributed by atoms with E-state index in [0.717, 1.165) is 3.57 Å². The topological polar surface area (TPSA) is 79.2 Å². The van der Waals surface area contributed by atoms with Crippen LogP contribution >= 0.6 is 22.6 Å². The number of hydrogen-bond acceptors (Lipinski definition) is 4. The van der Waals surface area contributed by atoms with Crippen LogP contribution in [0.25, 0.3) is 0 Å². The van der Waals surface area contributed by atoms with Crippen molar-refractivity contribution in [1.82, 2.24) is 0 Å². The summed E-state index contributed by atoms with van der Waals surface area (Å²) in [6.07, 6.45) is 0. The first kappa shape index (κ1) is 16.0. The van der Waals surface area contributed by atoms with Gasteiger partial charge in [0.1, 0.15) is 0 Å². The van der Waals surface area contributed by atoms with Gasteiger partial charge in [0.05, 0.1) is 17.2 Å². The third kappa shape index (κ3) is 4.56. The number of ether oxygens (including phenoxy) is 1. The van der Waals surface area contributed by atoms with Crippen LogP contribution in [0.5, 0.6) is 0 Å². The van der Waals surface area contributed by atoms with Gasteiger partial charge in [-0.3, -0.25) is 4.79 Å². The number of anilines is 1. The zero-order valence-corrected chi connectivity index (χ0v) is 13.5. The molecule has 0 radical (unpaired) electrons. The number of hydrogen-bond donors (Lipinski definition) is 1. The number of nitrogens with zero attached hydrogens (tertiary/aromatic N) is 1. The van der Waals surface area contributed by atoms with Gasteiger partial charge in [-0.05, 0) is 59.0 Å². The first-order valence-electron chi connectivity index (χ1n) is 6.31. The number of esters is 1. The average Bonchev–Trinajstić information content (AvgIpc) is 2.52. The molecule has 0 aliphatic rings. The minimum atomic E-state index is -0.556. The highest BCUT2D eigenvalue weighted by atomic mass is 127. The first-order chi connectivity index (χ1) is 10.6. The first-order valence-corrected chi connectivity index (χ1v) is 7.39. The zero-order chi connectivity index (χ0) is 15.9. The second-order valence-electron chi connectivity index (χ2n) is 4.33. The molecule has 6 heteroatoms. The zero-order valence-electron chi connectivity index (χ0n) is 11.4. The van der Waals surface area contributed by atoms with E-state index in [1.807, 2.05) is 12.1 Å². The lowest BCUT2D eigenvalue weighted by Gasteiger charge is -2.07. The van der Waals surface area contributed by atoms with Gasteiger partial charge in [0, 0.05) is 9.26 Å². The van der Waals surface area contributed by atoms with Gasteiger partial charge in [0.2, 0.25) is 0 Å². The second-order valence-corrected chi connectivity index (χ2v) is 5.57. The molecule has 0 unspecified atom stereocenters. The Morgan fingerprint density at radius 1 is 1.18 bits per heavy atom. The van der Waals surface area contributed by atoms with Crippen molar-refractivity contribution in [2.45, 2.75) is 0 Å². The molecule has 0 aliphatic heterocycles. The van der Waals surface area contributed by atoms with Crippen LogP contribution < -0.4 is 5.32 Å². The molecule has 2 aromatic carbocycles. The Labute approximate surface area is 141 Å². The molecule has 0 aliphatic carbocycles. The third-order valence-electron chi connectivity index (χ3n) is 2.67. The van der Waals surface area contributed by atoms with E-state index in [0.29, 0.717) is 16.8 Å². The third-order valence-corrected chi connectivity index (χ3v) is 3.34. The van der Waals surface area contributed by atoms with Crippen molar-refractivity contribution in [3.8, 4) is 6.07 Å². The lowest BCUT2D eigenvalue weighted by Crippen LogP contribution is -2.21. The van der Waals surface area contributed by atoms with E-state index in [4.69, 9.17) is 10.00 Å². The largest absolute Gasteiger partial charge is 0.452 e. The molecule has 0 bridgehead atoms. The molecule has 0 saturated heterocycles. The van der Waals surface area contributed by atoms with Crippen molar-refractivity contribution < 1.29 is 14.3 Å². The standard InChI is InChI=1S/C16H11IN2O3/c17-13-5-2-4-12(8-13)16(21)22-10-15(20)19-14-6-1-3-11(7-14)9-18/h1-8H,10H2,(H,19,20). The van der Waals surface area contributed by atoms with Crippen LogP contribution in [0, 0.1) is 14.9 Å². The smallest absolute Gasteiger partial charge is 0.338 e. The lowest BCUT2D eigenvalue weighted by atomic mass is 10.2. The van der Waals surface area contributed by atoms with Gasteiger partial charge >= 0.3 is 5.97 Å². The molecule has 1 amide bonds. The molecular weight excluding hydrogens is 395 g/mol. The molecule has 1 N–H and O–H groups in total. The SMILES string of the molecule is N#Cc1cccc(NC(=O)COC(=O)c2cccc(I)c2)c1. The Bertz CT molecular complexity index is 753. The molecule has 0 heterocycles. The van der Waals surface area contributed by atoms with Crippen molar-refractivity contribution in [2.75, 3.05) is 11.9 Å². The van der Waals surface area contributed by atoms with Gasteiger partial charge < -0.3 is 10.1 Å². The maximum Gasteiger partial charge on any atom is 0.338 e. The van der Waals surface area contributed by atoms with E-state index in [-0.39, 0.29) is 6.61 Å². The Balaban J connectivity index is 1.90. The summed E-state index contributed by atoms with van der Waals surface area (Å²) in [5.74, 6) is -1.02. The molecule has 0 fully saturated rings. The molecule has 0 saturated carbocycles. The number of rotatable bonds is 4. The van der Waals surface area contributed by atoms with Crippen molar-refractivity contribution in [3.63, 3.8) is 0 Å². The summed E-state index contributed by atoms with van der Waals surface area (Å²) in [4.78, 5) is 23.5. The highest BCUT2D eigenvalue weighted by Crippen LogP contribution is 2.11. The molecule has 2 aromatic rings. The van der Waals surface area contributed by atoms with Gasteiger partial charge in [-0.2, -0.15) is 5.26 Å². The highest BCUT2D eigenvalue weighted by molar-refractivity contribution is 14.1. The van der Waals surface area contributed by atoms with Gasteiger partial charge in [0.25, 0.3) is 5.91 Å². The van der Waals surface area contributed by atoms with Gasteiger partial charge in [-0.25, -0.2) is 4.79 Å². The van der Waals surface area contributed by atoms with Gasteiger partial charge in [-0.15, -0.1) is 0 Å². The minimum Gasteiger partial charge on any atom is -0.452 e. The fraction of sp³-hybridized carbons (Fsp3) is 0.0625. The highest BCUT2D eigenvalue weighted by Gasteiger charge is 2.10. The van der Waals surface area contributed by atoms with Gasteiger partial charge in [0.15, 0.2) is 6.61 Å². The average molecular weight is 406 g/mol. The summed E-state index contributed by atoms with van der Waals surface area (Å²) in [6, 6.07) is 15.4. The van der Waals surface area contributed by atoms with Crippen LogP contribution in [-0.4, -0.2) is 18.5 Å². The maximum atomic E-state index is 11.8. The van der Waals surface area contributed by atoms with E-state index >= 15 is 0 Å². The second kappa shape index (κ2) is 7.56. The molecule has 110 valence electrons. The normalized spacial score (nSPS) is 9.64. The lowest BCUT2D eigenvalue weighted by molar-refractivity contribution is -0.119. The molecular formula is C16H11IN2O3. The van der Waals surface area contributed by atoms with Crippen molar-refractivity contribution >= 4 is 40.2 Å². The Morgan fingerprint density at radius 2 is 1.95 bits per heavy atom. The summed E-state index contributed by atoms with van der Waals surface area (Å²) in [7, 11) is 0. The monoisotopic (exact) mass is 406 g/mol. The summed E-state index contributed by atoms with van der Waals surface area (Å²) >= 11 is 2.09. The van der Waals surface area contributed by atoms with Crippen LogP contribution in [0.2, 0.25) is 0 Å². The van der Waals surface area contributed by atoms with E-state index in [1.54, 1.807) is 42.5 Å². The summed E-state index contributed by atoms with van der Waals surface area (Å²) in [5.41, 5.74) is 1.31. The number of carbonyl (C=O) groups excluding carboxylic acids is 2. The minimum absolute atomic E-state index is 0.388. The van der Waals surface area contributed by atoms with E-state index in [1.165, 1.54) is 0 Å². The van der Waals surface area contributed by atoms with Crippen LogP contribution in [0.3, 0.4) is 0 Å². The summed E-state index contributed by atoms with van der Waals surface area (Å²) in [5, 5.41) is 11.4. The Morgan fingerprint density at radius 3 is 2.68 bits per heavy atom. The van der Waals surface area contributed by atoms with Crippen LogP contribution in [-0.2, 0) is 9.53 Å². The van der Waals surface area contributed by atoms with E-state index < -0.39 is 11.9 Å². The number of halogens is 1. The molecule has 0 atom stereocenters. The Hall–Kier alpha value is -2.40. The molecule has 0 spiro atoms. The number of amides is 1. The van der Waals surface area contributed by atoms with E-state index in [2.05, 4.69) is 27.9 Å². The maximum absolute atomic E-state index is 11.8. The number of nitriles is 1. The van der Waals surface area contributed by atoms with Crippen LogP contribution in [0.4, 0.5) is 5.69 Å². The summed E-state index contributed by atoms with van der Waals surface area (Å²) in [6.45, 7) is -0.388. The van der Waals surface area contributed by atoms with Crippen LogP contribution in [0.1, 0.15) is 15.9 Å². The predicted octanol–water partition coefficient (Wildman–Crippen LogP) is 2.96. The fourth-order valence-corrected chi connectivity index (χ4v) is 2.24. The predicted molar refractivity (Wildman–Crippen MR) is 89.2 cm³/mol. The number of benzene rings is 2. The number of nitrogens with one attached hydrogen (secondary N) is 1. The van der Waals surface area contributed by atoms with Crippen LogP contribution in [0.15, 0.2) is 48.5 Å². The van der Waals surface area contributed by atoms with Crippen molar-refractivity contribution in [1.29, 1.82) is 5.26 Å². The molecule has 5 nitrogen and oxygen atoms in total. The fourth-order valence-electron chi connectivity index (χ4n) is 1.69. The van der Waals surface area contributed by atoms with Crippen molar-refractivity contribution in [3.05, 3.63) is 63.2 Å². The molecule has 0 aromatic heterocycles. The van der Waals surface area contributed by atoms with Gasteiger partial charge in [-0.1, -0.05) is 12.1 Å². The molecule has 2 rings (SSSR count). The van der Waals surface area contributed by atoms with Crippen molar-refractivity contribution in [2.24, 2.45) is 0 Å². The molecule has 22 heavy (non-hydrogen) atoms. The summed E-state index contributed by atoms with van der Waals surface area (Å²) < 4.78 is 5.86. The Kier molecular flexibility index (Phi) is 5.49. The quantitative estimate of drug-likeness (QED) is 0.626. The number of carbonyl (C=O) groups is 2. The van der Waals surface area contributed by atoms with E-state index in [9.17, 15) is 9.59 Å².